The van der Waals surface area contributed by atoms with Crippen molar-refractivity contribution in [3.05, 3.63) is 35.9 Å². The summed E-state index contributed by atoms with van der Waals surface area (Å²) in [7, 11) is -4.35. The summed E-state index contributed by atoms with van der Waals surface area (Å²) in [6, 6.07) is 9.23. The van der Waals surface area contributed by atoms with Gasteiger partial charge in [0.25, 0.3) is 10.1 Å². The van der Waals surface area contributed by atoms with Gasteiger partial charge in [0, 0.05) is 0 Å². The minimum absolute atomic E-state index is 0.0111. The van der Waals surface area contributed by atoms with Crippen molar-refractivity contribution < 1.29 is 18.1 Å². The van der Waals surface area contributed by atoms with Crippen LogP contribution in [0.3, 0.4) is 0 Å². The molecule has 0 aliphatic rings. The van der Waals surface area contributed by atoms with E-state index in [0.717, 1.165) is 5.56 Å². The predicted molar refractivity (Wildman–Crippen MR) is 57.0 cm³/mol. The number of benzene rings is 1. The van der Waals surface area contributed by atoms with Gasteiger partial charge < -0.3 is 5.11 Å². The van der Waals surface area contributed by atoms with Crippen molar-refractivity contribution in [1.29, 1.82) is 0 Å². The molecule has 0 saturated heterocycles. The molecule has 0 saturated carbocycles. The van der Waals surface area contributed by atoms with Crippen LogP contribution in [0.4, 0.5) is 0 Å². The number of hydrogen-bond acceptors (Lipinski definition) is 3. The first-order valence-corrected chi connectivity index (χ1v) is 6.11. The van der Waals surface area contributed by atoms with Crippen molar-refractivity contribution in [2.75, 3.05) is 0 Å². The van der Waals surface area contributed by atoms with E-state index in [1.165, 1.54) is 0 Å². The summed E-state index contributed by atoms with van der Waals surface area (Å²) < 4.78 is 29.8. The van der Waals surface area contributed by atoms with Crippen molar-refractivity contribution in [2.45, 2.75) is 24.7 Å². The molecule has 0 heterocycles. The van der Waals surface area contributed by atoms with Gasteiger partial charge in [0.2, 0.25) is 0 Å². The van der Waals surface area contributed by atoms with Crippen LogP contribution in [0.15, 0.2) is 30.3 Å². The Labute approximate surface area is 89.3 Å². The van der Waals surface area contributed by atoms with Gasteiger partial charge in [0.1, 0.15) is 0 Å². The highest BCUT2D eigenvalue weighted by molar-refractivity contribution is 7.86. The smallest absolute Gasteiger partial charge is 0.292 e. The van der Waals surface area contributed by atoms with Gasteiger partial charge in [-0.05, 0) is 17.9 Å². The van der Waals surface area contributed by atoms with Gasteiger partial charge in [-0.15, -0.1) is 0 Å². The number of aliphatic hydroxyl groups excluding tert-OH is 1. The van der Waals surface area contributed by atoms with Gasteiger partial charge in [-0.25, -0.2) is 0 Å². The summed E-state index contributed by atoms with van der Waals surface area (Å²) in [6.07, 6.45) is -0.0111. The van der Waals surface area contributed by atoms with Crippen LogP contribution < -0.4 is 0 Å². The molecule has 0 amide bonds. The average molecular weight is 230 g/mol. The second-order valence-corrected chi connectivity index (χ2v) is 5.09. The highest BCUT2D eigenvalue weighted by Crippen LogP contribution is 2.21. The van der Waals surface area contributed by atoms with E-state index >= 15 is 0 Å². The molecule has 0 aromatic heterocycles. The van der Waals surface area contributed by atoms with Crippen molar-refractivity contribution in [3.8, 4) is 0 Å². The van der Waals surface area contributed by atoms with Crippen LogP contribution in [0.2, 0.25) is 0 Å². The molecule has 1 aromatic carbocycles. The van der Waals surface area contributed by atoms with E-state index < -0.39 is 15.6 Å². The van der Waals surface area contributed by atoms with E-state index in [4.69, 9.17) is 4.55 Å². The first-order chi connectivity index (χ1) is 6.91. The molecule has 0 aliphatic carbocycles. The zero-order valence-corrected chi connectivity index (χ0v) is 9.18. The van der Waals surface area contributed by atoms with Crippen LogP contribution in [0, 0.1) is 0 Å². The molecule has 0 aliphatic heterocycles. The molecule has 0 bridgehead atoms. The van der Waals surface area contributed by atoms with Gasteiger partial charge in [-0.2, -0.15) is 8.42 Å². The topological polar surface area (TPSA) is 74.6 Å². The fourth-order valence-corrected chi connectivity index (χ4v) is 1.87. The highest BCUT2D eigenvalue weighted by atomic mass is 32.2. The summed E-state index contributed by atoms with van der Waals surface area (Å²) >= 11 is 0. The van der Waals surface area contributed by atoms with Crippen molar-refractivity contribution in [2.24, 2.45) is 0 Å². The molecular formula is C10H14O4S. The van der Waals surface area contributed by atoms with E-state index in [1.54, 1.807) is 6.92 Å². The monoisotopic (exact) mass is 230 g/mol. The molecule has 0 fully saturated rings. The Bertz CT molecular complexity index is 399. The minimum atomic E-state index is -4.35. The van der Waals surface area contributed by atoms with Crippen molar-refractivity contribution in [3.63, 3.8) is 0 Å². The normalized spacial score (nSPS) is 15.9. The van der Waals surface area contributed by atoms with Gasteiger partial charge >= 0.3 is 0 Å². The van der Waals surface area contributed by atoms with Gasteiger partial charge in [-0.3, -0.25) is 4.55 Å². The van der Waals surface area contributed by atoms with Crippen molar-refractivity contribution in [1.82, 2.24) is 0 Å². The first-order valence-electron chi connectivity index (χ1n) is 4.60. The summed E-state index contributed by atoms with van der Waals surface area (Å²) in [5.41, 5.74) is -0.784. The van der Waals surface area contributed by atoms with Crippen LogP contribution in [-0.2, 0) is 10.1 Å². The molecule has 1 aromatic rings. The second kappa shape index (κ2) is 4.74. The molecule has 84 valence electrons. The molecule has 1 rings (SSSR count). The van der Waals surface area contributed by atoms with Crippen LogP contribution in [-0.4, -0.2) is 23.5 Å². The Morgan fingerprint density at radius 1 is 1.27 bits per heavy atom. The Morgan fingerprint density at radius 3 is 2.27 bits per heavy atom. The zero-order chi connectivity index (χ0) is 11.5. The van der Waals surface area contributed by atoms with Crippen molar-refractivity contribution >= 4 is 10.1 Å². The maximum atomic E-state index is 10.6. The number of rotatable bonds is 4. The maximum Gasteiger partial charge on any atom is 0.292 e. The van der Waals surface area contributed by atoms with Crippen LogP contribution in [0.25, 0.3) is 0 Å². The third kappa shape index (κ3) is 3.62. The fourth-order valence-electron chi connectivity index (χ4n) is 1.34. The summed E-state index contributed by atoms with van der Waals surface area (Å²) in [5.74, 6) is -0.122. The summed E-state index contributed by atoms with van der Waals surface area (Å²) in [6.45, 7) is 1.80. The molecule has 2 unspecified atom stereocenters. The predicted octanol–water partition coefficient (Wildman–Crippen LogP) is 1.39. The van der Waals surface area contributed by atoms with E-state index in [1.807, 2.05) is 30.3 Å². The quantitative estimate of drug-likeness (QED) is 0.766. The largest absolute Gasteiger partial charge is 0.375 e. The SMILES string of the molecule is CC(CC(O)S(=O)(=O)O)c1ccccc1. The fraction of sp³-hybridized carbons (Fsp3) is 0.400. The highest BCUT2D eigenvalue weighted by Gasteiger charge is 2.22. The van der Waals surface area contributed by atoms with Crippen LogP contribution in [0.5, 0.6) is 0 Å². The Balaban J connectivity index is 2.69. The Hall–Kier alpha value is -0.910. The van der Waals surface area contributed by atoms with Gasteiger partial charge in [0.15, 0.2) is 5.44 Å². The molecule has 15 heavy (non-hydrogen) atoms. The van der Waals surface area contributed by atoms with Gasteiger partial charge in [0.05, 0.1) is 0 Å². The Morgan fingerprint density at radius 2 is 1.80 bits per heavy atom. The third-order valence-electron chi connectivity index (χ3n) is 2.27. The lowest BCUT2D eigenvalue weighted by Crippen LogP contribution is -2.21. The number of aliphatic hydroxyl groups is 1. The molecular weight excluding hydrogens is 216 g/mol. The second-order valence-electron chi connectivity index (χ2n) is 3.52. The minimum Gasteiger partial charge on any atom is -0.375 e. The molecule has 4 nitrogen and oxygen atoms in total. The average Bonchev–Trinajstić information content (AvgIpc) is 2.17. The molecule has 0 radical (unpaired) electrons. The number of hydrogen-bond donors (Lipinski definition) is 2. The lowest BCUT2D eigenvalue weighted by molar-refractivity contribution is 0.215. The van der Waals surface area contributed by atoms with Crippen LogP contribution in [0.1, 0.15) is 24.8 Å². The van der Waals surface area contributed by atoms with Crippen LogP contribution >= 0.6 is 0 Å². The molecule has 5 heteroatoms. The zero-order valence-electron chi connectivity index (χ0n) is 8.37. The van der Waals surface area contributed by atoms with Gasteiger partial charge in [-0.1, -0.05) is 37.3 Å². The van der Waals surface area contributed by atoms with E-state index in [2.05, 4.69) is 0 Å². The first kappa shape index (κ1) is 12.2. The van der Waals surface area contributed by atoms with E-state index in [-0.39, 0.29) is 12.3 Å². The standard InChI is InChI=1S/C10H14O4S/c1-8(7-10(11)15(12,13)14)9-5-3-2-4-6-9/h2-6,8,10-11H,7H2,1H3,(H,12,13,14). The van der Waals surface area contributed by atoms with E-state index in [0.29, 0.717) is 0 Å². The molecule has 2 N–H and O–H groups in total. The lowest BCUT2D eigenvalue weighted by Gasteiger charge is -2.14. The van der Waals surface area contributed by atoms with E-state index in [9.17, 15) is 13.5 Å². The summed E-state index contributed by atoms with van der Waals surface area (Å²) in [4.78, 5) is 0. The lowest BCUT2D eigenvalue weighted by atomic mass is 9.98. The molecule has 2 atom stereocenters. The maximum absolute atomic E-state index is 10.6. The Kier molecular flexibility index (Phi) is 3.84. The third-order valence-corrected chi connectivity index (χ3v) is 3.15. The summed E-state index contributed by atoms with van der Waals surface area (Å²) in [5, 5.41) is 9.18. The molecule has 0 spiro atoms.